The Labute approximate surface area is 84.5 Å². The van der Waals surface area contributed by atoms with Gasteiger partial charge in [0.15, 0.2) is 0 Å². The summed E-state index contributed by atoms with van der Waals surface area (Å²) >= 11 is 2.24. The number of benzene rings is 1. The molecule has 1 N–H and O–H groups in total. The van der Waals surface area contributed by atoms with Gasteiger partial charge in [-0.25, -0.2) is 4.39 Å². The molecular weight excluding hydrogens is 268 g/mol. The van der Waals surface area contributed by atoms with Crippen LogP contribution in [0.2, 0.25) is 0 Å². The van der Waals surface area contributed by atoms with E-state index in [1.165, 1.54) is 6.07 Å². The molecule has 1 aliphatic heterocycles. The first-order valence-electron chi connectivity index (χ1n) is 3.96. The van der Waals surface area contributed by atoms with Crippen molar-refractivity contribution >= 4 is 22.6 Å². The van der Waals surface area contributed by atoms with Crippen LogP contribution in [-0.2, 0) is 0 Å². The van der Waals surface area contributed by atoms with Crippen LogP contribution in [0.25, 0.3) is 0 Å². The number of nitrogens with one attached hydrogen (secondary N) is 1. The molecule has 1 aromatic rings. The first-order valence-corrected chi connectivity index (χ1v) is 5.03. The van der Waals surface area contributed by atoms with E-state index in [2.05, 4.69) is 27.9 Å². The lowest BCUT2D eigenvalue weighted by molar-refractivity contribution is 0.380. The van der Waals surface area contributed by atoms with Crippen molar-refractivity contribution in [2.75, 3.05) is 6.54 Å². The minimum Gasteiger partial charge on any atom is -0.310 e. The molecule has 0 bridgehead atoms. The number of rotatable bonds is 1. The predicted molar refractivity (Wildman–Crippen MR) is 54.5 cm³/mol. The highest BCUT2D eigenvalue weighted by molar-refractivity contribution is 14.1. The second kappa shape index (κ2) is 3.30. The van der Waals surface area contributed by atoms with Crippen molar-refractivity contribution in [3.05, 3.63) is 33.1 Å². The summed E-state index contributed by atoms with van der Waals surface area (Å²) in [5.74, 6) is -0.140. The molecule has 1 aliphatic rings. The van der Waals surface area contributed by atoms with E-state index >= 15 is 0 Å². The maximum Gasteiger partial charge on any atom is 0.123 e. The molecule has 0 spiro atoms. The van der Waals surface area contributed by atoms with Gasteiger partial charge in [0.25, 0.3) is 0 Å². The molecule has 12 heavy (non-hydrogen) atoms. The molecule has 0 aromatic heterocycles. The fraction of sp³-hybridized carbons (Fsp3) is 0.333. The van der Waals surface area contributed by atoms with E-state index in [9.17, 15) is 4.39 Å². The van der Waals surface area contributed by atoms with E-state index in [0.717, 1.165) is 22.1 Å². The molecule has 64 valence electrons. The van der Waals surface area contributed by atoms with Crippen LogP contribution in [0.3, 0.4) is 0 Å². The predicted octanol–water partition coefficient (Wildman–Crippen LogP) is 2.46. The minimum absolute atomic E-state index is 0.140. The SMILES string of the molecule is Fc1ccc(I)c([C@H]2CCN2)c1. The molecule has 3 heteroatoms. The third-order valence-corrected chi connectivity index (χ3v) is 3.14. The molecule has 0 radical (unpaired) electrons. The van der Waals surface area contributed by atoms with E-state index in [0.29, 0.717) is 6.04 Å². The van der Waals surface area contributed by atoms with Crippen molar-refractivity contribution in [3.8, 4) is 0 Å². The summed E-state index contributed by atoms with van der Waals surface area (Å²) < 4.78 is 14.0. The first kappa shape index (κ1) is 8.44. The summed E-state index contributed by atoms with van der Waals surface area (Å²) in [6, 6.07) is 5.33. The van der Waals surface area contributed by atoms with Crippen LogP contribution in [-0.4, -0.2) is 6.54 Å². The highest BCUT2D eigenvalue weighted by Crippen LogP contribution is 2.27. The van der Waals surface area contributed by atoms with Gasteiger partial charge in [-0.1, -0.05) is 0 Å². The fourth-order valence-electron chi connectivity index (χ4n) is 1.34. The number of hydrogen-bond acceptors (Lipinski definition) is 1. The van der Waals surface area contributed by atoms with Gasteiger partial charge in [-0.2, -0.15) is 0 Å². The topological polar surface area (TPSA) is 12.0 Å². The van der Waals surface area contributed by atoms with E-state index in [4.69, 9.17) is 0 Å². The van der Waals surface area contributed by atoms with Crippen molar-refractivity contribution in [1.82, 2.24) is 5.32 Å². The summed E-state index contributed by atoms with van der Waals surface area (Å²) in [6.45, 7) is 1.05. The molecule has 0 unspecified atom stereocenters. The molecule has 1 nitrogen and oxygen atoms in total. The normalized spacial score (nSPS) is 22.0. The molecule has 0 amide bonds. The Morgan fingerprint density at radius 2 is 2.25 bits per heavy atom. The minimum atomic E-state index is -0.140. The molecule has 2 rings (SSSR count). The van der Waals surface area contributed by atoms with Crippen LogP contribution < -0.4 is 5.32 Å². The van der Waals surface area contributed by atoms with Gasteiger partial charge < -0.3 is 5.32 Å². The van der Waals surface area contributed by atoms with Crippen molar-refractivity contribution < 1.29 is 4.39 Å². The van der Waals surface area contributed by atoms with Gasteiger partial charge in [-0.15, -0.1) is 0 Å². The molecule has 0 saturated carbocycles. The molecule has 1 saturated heterocycles. The van der Waals surface area contributed by atoms with Crippen molar-refractivity contribution in [2.24, 2.45) is 0 Å². The Bertz CT molecular complexity index is 297. The second-order valence-electron chi connectivity index (χ2n) is 2.96. The van der Waals surface area contributed by atoms with Gasteiger partial charge in [0.05, 0.1) is 0 Å². The number of halogens is 2. The molecule has 1 fully saturated rings. The summed E-state index contributed by atoms with van der Waals surface area (Å²) in [5.41, 5.74) is 1.10. The molecule has 0 aliphatic carbocycles. The zero-order valence-electron chi connectivity index (χ0n) is 6.48. The Hall–Kier alpha value is -0.160. The first-order chi connectivity index (χ1) is 5.77. The lowest BCUT2D eigenvalue weighted by atomic mass is 9.98. The Morgan fingerprint density at radius 1 is 1.50 bits per heavy atom. The Kier molecular flexibility index (Phi) is 2.32. The van der Waals surface area contributed by atoms with Gasteiger partial charge in [0.1, 0.15) is 5.82 Å². The third-order valence-electron chi connectivity index (χ3n) is 2.16. The fourth-order valence-corrected chi connectivity index (χ4v) is 2.05. The average Bonchev–Trinajstić information content (AvgIpc) is 1.93. The highest BCUT2D eigenvalue weighted by atomic mass is 127. The van der Waals surface area contributed by atoms with E-state index in [1.54, 1.807) is 6.07 Å². The summed E-state index contributed by atoms with van der Waals surface area (Å²) in [4.78, 5) is 0. The number of hydrogen-bond donors (Lipinski definition) is 1. The van der Waals surface area contributed by atoms with E-state index in [1.807, 2.05) is 6.07 Å². The van der Waals surface area contributed by atoms with Crippen LogP contribution in [0.5, 0.6) is 0 Å². The van der Waals surface area contributed by atoms with Gasteiger partial charge in [-0.3, -0.25) is 0 Å². The van der Waals surface area contributed by atoms with Crippen molar-refractivity contribution in [1.29, 1.82) is 0 Å². The smallest absolute Gasteiger partial charge is 0.123 e. The zero-order chi connectivity index (χ0) is 8.55. The standard InChI is InChI=1S/C9H9FIN/c10-6-1-2-8(11)7(5-6)9-3-4-12-9/h1-2,5,9,12H,3-4H2/t9-/m1/s1. The quantitative estimate of drug-likeness (QED) is 0.777. The van der Waals surface area contributed by atoms with Gasteiger partial charge in [-0.05, 0) is 59.3 Å². The van der Waals surface area contributed by atoms with E-state index in [-0.39, 0.29) is 5.82 Å². The van der Waals surface area contributed by atoms with Crippen molar-refractivity contribution in [3.63, 3.8) is 0 Å². The lowest BCUT2D eigenvalue weighted by Gasteiger charge is -2.28. The Morgan fingerprint density at radius 3 is 2.83 bits per heavy atom. The van der Waals surface area contributed by atoms with E-state index < -0.39 is 0 Å². The maximum atomic E-state index is 12.8. The van der Waals surface area contributed by atoms with Crippen LogP contribution in [0, 0.1) is 9.39 Å². The van der Waals surface area contributed by atoms with Crippen molar-refractivity contribution in [2.45, 2.75) is 12.5 Å². The summed E-state index contributed by atoms with van der Waals surface area (Å²) in [7, 11) is 0. The van der Waals surface area contributed by atoms with Crippen LogP contribution in [0.4, 0.5) is 4.39 Å². The average molecular weight is 277 g/mol. The maximum absolute atomic E-state index is 12.8. The summed E-state index contributed by atoms with van der Waals surface area (Å²) in [6.07, 6.45) is 1.12. The summed E-state index contributed by atoms with van der Waals surface area (Å²) in [5, 5.41) is 3.26. The second-order valence-corrected chi connectivity index (χ2v) is 4.12. The van der Waals surface area contributed by atoms with Crippen LogP contribution in [0.1, 0.15) is 18.0 Å². The molecular formula is C9H9FIN. The lowest BCUT2D eigenvalue weighted by Crippen LogP contribution is -2.35. The molecule has 1 atom stereocenters. The van der Waals surface area contributed by atoms with Crippen LogP contribution >= 0.6 is 22.6 Å². The Balaban J connectivity index is 2.34. The zero-order valence-corrected chi connectivity index (χ0v) is 8.64. The third kappa shape index (κ3) is 1.47. The van der Waals surface area contributed by atoms with Gasteiger partial charge >= 0.3 is 0 Å². The molecule has 1 aromatic carbocycles. The highest BCUT2D eigenvalue weighted by Gasteiger charge is 2.20. The largest absolute Gasteiger partial charge is 0.310 e. The molecule has 1 heterocycles. The van der Waals surface area contributed by atoms with Gasteiger partial charge in [0, 0.05) is 9.61 Å². The van der Waals surface area contributed by atoms with Gasteiger partial charge in [0.2, 0.25) is 0 Å². The monoisotopic (exact) mass is 277 g/mol. The van der Waals surface area contributed by atoms with Crippen LogP contribution in [0.15, 0.2) is 18.2 Å².